The van der Waals surface area contributed by atoms with Crippen molar-refractivity contribution in [1.82, 2.24) is 4.90 Å². The highest BCUT2D eigenvalue weighted by Gasteiger charge is 2.32. The highest BCUT2D eigenvalue weighted by atomic mass is 35.5. The monoisotopic (exact) mass is 306 g/mol. The van der Waals surface area contributed by atoms with Crippen molar-refractivity contribution in [3.63, 3.8) is 0 Å². The second-order valence-corrected chi connectivity index (χ2v) is 5.60. The van der Waals surface area contributed by atoms with Gasteiger partial charge in [0, 0.05) is 6.04 Å². The Kier molecular flexibility index (Phi) is 3.89. The van der Waals surface area contributed by atoms with E-state index in [1.165, 1.54) is 0 Å². The molecule has 0 saturated heterocycles. The molecule has 0 radical (unpaired) electrons. The number of fused-ring (bicyclic) bond motifs is 1. The average molecular weight is 307 g/mol. The van der Waals surface area contributed by atoms with Crippen LogP contribution >= 0.6 is 11.6 Å². The Balaban J connectivity index is 1.76. The highest BCUT2D eigenvalue weighted by molar-refractivity contribution is 6.32. The fraction of sp³-hybridized carbons (Fsp3) is 0.467. The zero-order valence-corrected chi connectivity index (χ0v) is 12.2. The fourth-order valence-electron chi connectivity index (χ4n) is 2.43. The fourth-order valence-corrected chi connectivity index (χ4v) is 2.71. The lowest BCUT2D eigenvalue weighted by molar-refractivity contribution is -0.130. The van der Waals surface area contributed by atoms with Gasteiger partial charge in [-0.3, -0.25) is 4.79 Å². The Hall–Kier alpha value is -1.93. The minimum absolute atomic E-state index is 0.0493. The summed E-state index contributed by atoms with van der Waals surface area (Å²) >= 11 is 6.16. The second-order valence-electron chi connectivity index (χ2n) is 5.19. The van der Waals surface area contributed by atoms with Crippen molar-refractivity contribution >= 4 is 17.5 Å². The van der Waals surface area contributed by atoms with Gasteiger partial charge in [0.2, 0.25) is 5.91 Å². The molecule has 6 heteroatoms. The largest absolute Gasteiger partial charge is 0.486 e. The maximum absolute atomic E-state index is 12.3. The van der Waals surface area contributed by atoms with E-state index in [-0.39, 0.29) is 24.9 Å². The topological polar surface area (TPSA) is 62.6 Å². The number of carbonyl (C=O) groups is 1. The summed E-state index contributed by atoms with van der Waals surface area (Å²) in [5.74, 6) is 1.07. The van der Waals surface area contributed by atoms with E-state index in [2.05, 4.69) is 6.07 Å². The van der Waals surface area contributed by atoms with Crippen LogP contribution in [0.2, 0.25) is 5.02 Å². The van der Waals surface area contributed by atoms with Crippen LogP contribution in [0.4, 0.5) is 0 Å². The lowest BCUT2D eigenvalue weighted by Gasteiger charge is -2.22. The standard InChI is InChI=1S/C15H15ClN2O3/c16-12-7-10(8-13-15(12)21-6-5-20-13)9-14(19)18(4-3-17)11-1-2-11/h7-8,11H,1-2,4-6,9H2. The van der Waals surface area contributed by atoms with Crippen LogP contribution in [-0.2, 0) is 11.2 Å². The molecular weight excluding hydrogens is 292 g/mol. The van der Waals surface area contributed by atoms with E-state index < -0.39 is 0 Å². The van der Waals surface area contributed by atoms with Gasteiger partial charge in [-0.2, -0.15) is 5.26 Å². The first-order valence-corrected chi connectivity index (χ1v) is 7.31. The summed E-state index contributed by atoms with van der Waals surface area (Å²) in [5.41, 5.74) is 0.776. The van der Waals surface area contributed by atoms with Crippen molar-refractivity contribution in [2.24, 2.45) is 0 Å². The number of halogens is 1. The molecule has 1 heterocycles. The van der Waals surface area contributed by atoms with Crippen LogP contribution < -0.4 is 9.47 Å². The summed E-state index contributed by atoms with van der Waals surface area (Å²) in [5, 5.41) is 9.28. The summed E-state index contributed by atoms with van der Waals surface area (Å²) < 4.78 is 11.0. The number of amides is 1. The van der Waals surface area contributed by atoms with Crippen LogP contribution in [0.3, 0.4) is 0 Å². The van der Waals surface area contributed by atoms with Gasteiger partial charge < -0.3 is 14.4 Å². The molecule has 0 bridgehead atoms. The van der Waals surface area contributed by atoms with E-state index in [4.69, 9.17) is 26.3 Å². The summed E-state index contributed by atoms with van der Waals surface area (Å²) in [7, 11) is 0. The Morgan fingerprint density at radius 1 is 1.38 bits per heavy atom. The van der Waals surface area contributed by atoms with E-state index in [1.807, 2.05) is 0 Å². The molecule has 1 amide bonds. The van der Waals surface area contributed by atoms with Crippen LogP contribution in [0.15, 0.2) is 12.1 Å². The van der Waals surface area contributed by atoms with Gasteiger partial charge in [-0.05, 0) is 30.5 Å². The number of benzene rings is 1. The zero-order valence-electron chi connectivity index (χ0n) is 11.5. The van der Waals surface area contributed by atoms with Crippen molar-refractivity contribution in [3.8, 4) is 17.6 Å². The van der Waals surface area contributed by atoms with E-state index in [9.17, 15) is 4.79 Å². The first-order chi connectivity index (χ1) is 10.2. The molecule has 110 valence electrons. The van der Waals surface area contributed by atoms with E-state index >= 15 is 0 Å². The van der Waals surface area contributed by atoms with Gasteiger partial charge in [0.1, 0.15) is 19.8 Å². The second kappa shape index (κ2) is 5.82. The third-order valence-electron chi connectivity index (χ3n) is 3.56. The normalized spacial score (nSPS) is 16.2. The maximum Gasteiger partial charge on any atom is 0.228 e. The number of carbonyl (C=O) groups excluding carboxylic acids is 1. The van der Waals surface area contributed by atoms with Crippen LogP contribution in [0, 0.1) is 11.3 Å². The van der Waals surface area contributed by atoms with Gasteiger partial charge in [-0.1, -0.05) is 11.6 Å². The minimum Gasteiger partial charge on any atom is -0.486 e. The van der Waals surface area contributed by atoms with Gasteiger partial charge in [0.15, 0.2) is 11.5 Å². The van der Waals surface area contributed by atoms with E-state index in [0.717, 1.165) is 18.4 Å². The number of ether oxygens (including phenoxy) is 2. The number of nitrogens with zero attached hydrogens (tertiary/aromatic N) is 2. The van der Waals surface area contributed by atoms with E-state index in [1.54, 1.807) is 17.0 Å². The van der Waals surface area contributed by atoms with Crippen molar-refractivity contribution in [2.75, 3.05) is 19.8 Å². The Morgan fingerprint density at radius 2 is 2.14 bits per heavy atom. The van der Waals surface area contributed by atoms with E-state index in [0.29, 0.717) is 29.7 Å². The molecule has 3 rings (SSSR count). The molecule has 21 heavy (non-hydrogen) atoms. The molecule has 0 aromatic heterocycles. The molecule has 0 N–H and O–H groups in total. The number of hydrogen-bond donors (Lipinski definition) is 0. The van der Waals surface area contributed by atoms with Gasteiger partial charge in [-0.25, -0.2) is 0 Å². The van der Waals surface area contributed by atoms with Crippen LogP contribution in [0.5, 0.6) is 11.5 Å². The zero-order chi connectivity index (χ0) is 14.8. The molecule has 1 aromatic carbocycles. The van der Waals surface area contributed by atoms with Gasteiger partial charge in [-0.15, -0.1) is 0 Å². The number of nitriles is 1. The third kappa shape index (κ3) is 3.06. The highest BCUT2D eigenvalue weighted by Crippen LogP contribution is 2.38. The summed E-state index contributed by atoms with van der Waals surface area (Å²) in [4.78, 5) is 14.0. The number of rotatable bonds is 4. The quantitative estimate of drug-likeness (QED) is 0.800. The molecule has 2 aliphatic rings. The summed E-state index contributed by atoms with van der Waals surface area (Å²) in [6.07, 6.45) is 2.18. The lowest BCUT2D eigenvalue weighted by Crippen LogP contribution is -2.34. The van der Waals surface area contributed by atoms with Crippen LogP contribution in [0.25, 0.3) is 0 Å². The van der Waals surface area contributed by atoms with Crippen molar-refractivity contribution in [2.45, 2.75) is 25.3 Å². The Bertz CT molecular complexity index is 608. The molecule has 1 aromatic rings. The van der Waals surface area contributed by atoms with Crippen LogP contribution in [-0.4, -0.2) is 36.6 Å². The smallest absolute Gasteiger partial charge is 0.228 e. The van der Waals surface area contributed by atoms with Crippen molar-refractivity contribution in [3.05, 3.63) is 22.7 Å². The minimum atomic E-state index is -0.0493. The molecule has 1 aliphatic heterocycles. The molecule has 1 fully saturated rings. The first-order valence-electron chi connectivity index (χ1n) is 6.93. The van der Waals surface area contributed by atoms with Crippen molar-refractivity contribution < 1.29 is 14.3 Å². The molecule has 1 saturated carbocycles. The number of hydrogen-bond acceptors (Lipinski definition) is 4. The third-order valence-corrected chi connectivity index (χ3v) is 3.84. The molecule has 1 aliphatic carbocycles. The van der Waals surface area contributed by atoms with Gasteiger partial charge >= 0.3 is 0 Å². The Morgan fingerprint density at radius 3 is 2.86 bits per heavy atom. The van der Waals surface area contributed by atoms with Crippen LogP contribution in [0.1, 0.15) is 18.4 Å². The summed E-state index contributed by atoms with van der Waals surface area (Å²) in [6, 6.07) is 5.79. The predicted octanol–water partition coefficient (Wildman–Crippen LogP) is 2.17. The molecule has 0 atom stereocenters. The summed E-state index contributed by atoms with van der Waals surface area (Å²) in [6.45, 7) is 1.09. The molecule has 0 unspecified atom stereocenters. The first kappa shape index (κ1) is 14.0. The van der Waals surface area contributed by atoms with Gasteiger partial charge in [0.05, 0.1) is 17.5 Å². The Labute approximate surface area is 128 Å². The molecule has 0 spiro atoms. The predicted molar refractivity (Wildman–Crippen MR) is 76.5 cm³/mol. The average Bonchev–Trinajstić information content (AvgIpc) is 3.29. The molecule has 5 nitrogen and oxygen atoms in total. The maximum atomic E-state index is 12.3. The lowest BCUT2D eigenvalue weighted by atomic mass is 10.1. The van der Waals surface area contributed by atoms with Gasteiger partial charge in [0.25, 0.3) is 0 Å². The SMILES string of the molecule is N#CCN(C(=O)Cc1cc(Cl)c2c(c1)OCCO2)C1CC1. The van der Waals surface area contributed by atoms with Crippen molar-refractivity contribution in [1.29, 1.82) is 5.26 Å². The molecular formula is C15H15ClN2O3.